The average Bonchev–Trinajstić information content (AvgIpc) is 2.91. The van der Waals surface area contributed by atoms with Crippen LogP contribution < -0.4 is 5.32 Å². The van der Waals surface area contributed by atoms with Crippen molar-refractivity contribution in [3.63, 3.8) is 0 Å². The SMILES string of the molecule is CCCNC(c1ccc(Cl)cc1)C1CC1(C)C. The van der Waals surface area contributed by atoms with Gasteiger partial charge in [0.2, 0.25) is 0 Å². The fourth-order valence-electron chi connectivity index (χ4n) is 2.54. The van der Waals surface area contributed by atoms with Crippen LogP contribution in [0.1, 0.15) is 45.2 Å². The van der Waals surface area contributed by atoms with Crippen molar-refractivity contribution in [3.05, 3.63) is 34.9 Å². The molecule has 1 nitrogen and oxygen atoms in total. The molecule has 1 aromatic rings. The lowest BCUT2D eigenvalue weighted by molar-refractivity contribution is 0.416. The summed E-state index contributed by atoms with van der Waals surface area (Å²) in [7, 11) is 0. The number of nitrogens with one attached hydrogen (secondary N) is 1. The molecule has 0 amide bonds. The molecule has 1 aliphatic carbocycles. The maximum Gasteiger partial charge on any atom is 0.0406 e. The van der Waals surface area contributed by atoms with E-state index in [0.29, 0.717) is 11.5 Å². The molecule has 0 heterocycles. The van der Waals surface area contributed by atoms with Gasteiger partial charge in [-0.15, -0.1) is 0 Å². The highest BCUT2D eigenvalue weighted by Gasteiger charge is 2.50. The van der Waals surface area contributed by atoms with Crippen LogP contribution in [-0.2, 0) is 0 Å². The molecule has 0 aromatic heterocycles. The average molecular weight is 252 g/mol. The zero-order valence-electron chi connectivity index (χ0n) is 11.0. The lowest BCUT2D eigenvalue weighted by Gasteiger charge is -2.21. The molecule has 94 valence electrons. The summed E-state index contributed by atoms with van der Waals surface area (Å²) in [5, 5.41) is 4.50. The van der Waals surface area contributed by atoms with E-state index in [1.54, 1.807) is 0 Å². The maximum atomic E-state index is 5.95. The number of hydrogen-bond acceptors (Lipinski definition) is 1. The summed E-state index contributed by atoms with van der Waals surface area (Å²) in [4.78, 5) is 0. The van der Waals surface area contributed by atoms with E-state index in [-0.39, 0.29) is 0 Å². The molecular formula is C15H22ClN. The molecule has 2 atom stereocenters. The first kappa shape index (κ1) is 12.9. The molecule has 0 spiro atoms. The van der Waals surface area contributed by atoms with Crippen molar-refractivity contribution >= 4 is 11.6 Å². The van der Waals surface area contributed by atoms with Gasteiger partial charge in [0.15, 0.2) is 0 Å². The molecule has 1 saturated carbocycles. The van der Waals surface area contributed by atoms with Crippen molar-refractivity contribution in [1.29, 1.82) is 0 Å². The largest absolute Gasteiger partial charge is 0.310 e. The van der Waals surface area contributed by atoms with Crippen LogP contribution in [0.5, 0.6) is 0 Å². The second-order valence-electron chi connectivity index (χ2n) is 5.78. The maximum absolute atomic E-state index is 5.95. The van der Waals surface area contributed by atoms with E-state index < -0.39 is 0 Å². The van der Waals surface area contributed by atoms with E-state index in [0.717, 1.165) is 17.5 Å². The second kappa shape index (κ2) is 4.99. The standard InChI is InChI=1S/C15H22ClN/c1-4-9-17-14(13-10-15(13,2)3)11-5-7-12(16)8-6-11/h5-8,13-14,17H,4,9-10H2,1-3H3. The first-order valence-corrected chi connectivity index (χ1v) is 6.91. The summed E-state index contributed by atoms with van der Waals surface area (Å²) in [5.74, 6) is 0.759. The van der Waals surface area contributed by atoms with Gasteiger partial charge in [-0.2, -0.15) is 0 Å². The highest BCUT2D eigenvalue weighted by atomic mass is 35.5. The number of halogens is 1. The first-order valence-electron chi connectivity index (χ1n) is 6.53. The van der Waals surface area contributed by atoms with Crippen molar-refractivity contribution in [2.75, 3.05) is 6.54 Å². The Morgan fingerprint density at radius 1 is 1.35 bits per heavy atom. The van der Waals surface area contributed by atoms with Crippen LogP contribution in [0.15, 0.2) is 24.3 Å². The third kappa shape index (κ3) is 3.02. The van der Waals surface area contributed by atoms with Gasteiger partial charge in [0.25, 0.3) is 0 Å². The minimum absolute atomic E-state index is 0.488. The van der Waals surface area contributed by atoms with Gasteiger partial charge in [-0.3, -0.25) is 0 Å². The van der Waals surface area contributed by atoms with Gasteiger partial charge in [-0.1, -0.05) is 44.5 Å². The quantitative estimate of drug-likeness (QED) is 0.817. The molecule has 1 N–H and O–H groups in total. The third-order valence-electron chi connectivity index (χ3n) is 3.84. The van der Waals surface area contributed by atoms with Crippen molar-refractivity contribution in [3.8, 4) is 0 Å². The molecule has 0 aliphatic heterocycles. The Hall–Kier alpha value is -0.530. The normalized spacial score (nSPS) is 23.4. The monoisotopic (exact) mass is 251 g/mol. The van der Waals surface area contributed by atoms with E-state index in [1.807, 2.05) is 12.1 Å². The van der Waals surface area contributed by atoms with Gasteiger partial charge in [0.1, 0.15) is 0 Å². The fourth-order valence-corrected chi connectivity index (χ4v) is 2.67. The highest BCUT2D eigenvalue weighted by Crippen LogP contribution is 2.57. The molecular weight excluding hydrogens is 230 g/mol. The molecule has 1 aromatic carbocycles. The Kier molecular flexibility index (Phi) is 3.79. The van der Waals surface area contributed by atoms with E-state index in [1.165, 1.54) is 18.4 Å². The van der Waals surface area contributed by atoms with Crippen molar-refractivity contribution in [2.45, 2.75) is 39.7 Å². The minimum atomic E-state index is 0.488. The third-order valence-corrected chi connectivity index (χ3v) is 4.09. The van der Waals surface area contributed by atoms with Crippen LogP contribution in [0.2, 0.25) is 5.02 Å². The Morgan fingerprint density at radius 3 is 2.41 bits per heavy atom. The van der Waals surface area contributed by atoms with Gasteiger partial charge in [-0.25, -0.2) is 0 Å². The van der Waals surface area contributed by atoms with Crippen molar-refractivity contribution < 1.29 is 0 Å². The predicted octanol–water partition coefficient (Wildman–Crippen LogP) is 4.43. The van der Waals surface area contributed by atoms with Crippen molar-refractivity contribution in [2.24, 2.45) is 11.3 Å². The van der Waals surface area contributed by atoms with Crippen molar-refractivity contribution in [1.82, 2.24) is 5.32 Å². The van der Waals surface area contributed by atoms with Crippen LogP contribution >= 0.6 is 11.6 Å². The number of benzene rings is 1. The first-order chi connectivity index (χ1) is 8.04. The summed E-state index contributed by atoms with van der Waals surface area (Å²) in [5.41, 5.74) is 1.86. The molecule has 17 heavy (non-hydrogen) atoms. The topological polar surface area (TPSA) is 12.0 Å². The Bertz CT molecular complexity index is 369. The summed E-state index contributed by atoms with van der Waals surface area (Å²) in [6, 6.07) is 8.79. The molecule has 0 saturated heterocycles. The van der Waals surface area contributed by atoms with Crippen LogP contribution in [0.25, 0.3) is 0 Å². The summed E-state index contributed by atoms with van der Waals surface area (Å²) in [6.07, 6.45) is 2.49. The highest BCUT2D eigenvalue weighted by molar-refractivity contribution is 6.30. The lowest BCUT2D eigenvalue weighted by Crippen LogP contribution is -2.25. The number of rotatable bonds is 5. The van der Waals surface area contributed by atoms with E-state index >= 15 is 0 Å². The number of hydrogen-bond donors (Lipinski definition) is 1. The van der Waals surface area contributed by atoms with Crippen LogP contribution in [-0.4, -0.2) is 6.54 Å². The van der Waals surface area contributed by atoms with E-state index in [4.69, 9.17) is 11.6 Å². The molecule has 0 bridgehead atoms. The minimum Gasteiger partial charge on any atom is -0.310 e. The van der Waals surface area contributed by atoms with Gasteiger partial charge in [0.05, 0.1) is 0 Å². The molecule has 2 unspecified atom stereocenters. The van der Waals surface area contributed by atoms with Gasteiger partial charge in [0, 0.05) is 11.1 Å². The lowest BCUT2D eigenvalue weighted by atomic mass is 9.97. The summed E-state index contributed by atoms with van der Waals surface area (Å²) in [6.45, 7) is 8.01. The predicted molar refractivity (Wildman–Crippen MR) is 74.4 cm³/mol. The molecule has 2 heteroatoms. The van der Waals surface area contributed by atoms with Crippen LogP contribution in [0.3, 0.4) is 0 Å². The van der Waals surface area contributed by atoms with Crippen LogP contribution in [0.4, 0.5) is 0 Å². The molecule has 1 aliphatic rings. The summed E-state index contributed by atoms with van der Waals surface area (Å²) >= 11 is 5.95. The smallest absolute Gasteiger partial charge is 0.0406 e. The zero-order chi connectivity index (χ0) is 12.5. The molecule has 1 fully saturated rings. The van der Waals surface area contributed by atoms with Gasteiger partial charge >= 0.3 is 0 Å². The Balaban J connectivity index is 2.13. The van der Waals surface area contributed by atoms with Crippen LogP contribution in [0, 0.1) is 11.3 Å². The molecule has 2 rings (SSSR count). The molecule has 0 radical (unpaired) electrons. The fraction of sp³-hybridized carbons (Fsp3) is 0.600. The Morgan fingerprint density at radius 2 is 1.94 bits per heavy atom. The summed E-state index contributed by atoms with van der Waals surface area (Å²) < 4.78 is 0. The Labute approximate surface area is 110 Å². The zero-order valence-corrected chi connectivity index (χ0v) is 11.7. The van der Waals surface area contributed by atoms with Gasteiger partial charge < -0.3 is 5.32 Å². The van der Waals surface area contributed by atoms with Gasteiger partial charge in [-0.05, 0) is 48.4 Å². The second-order valence-corrected chi connectivity index (χ2v) is 6.22. The van der Waals surface area contributed by atoms with E-state index in [2.05, 4.69) is 38.2 Å². The van der Waals surface area contributed by atoms with E-state index in [9.17, 15) is 0 Å².